The van der Waals surface area contributed by atoms with Gasteiger partial charge in [0.1, 0.15) is 0 Å². The summed E-state index contributed by atoms with van der Waals surface area (Å²) in [5, 5.41) is 7.36. The third-order valence-corrected chi connectivity index (χ3v) is 2.08. The molecular weight excluding hydrogens is 212 g/mol. The van der Waals surface area contributed by atoms with Gasteiger partial charge in [-0.2, -0.15) is 0 Å². The van der Waals surface area contributed by atoms with Crippen molar-refractivity contribution in [2.24, 2.45) is 0 Å². The van der Waals surface area contributed by atoms with Gasteiger partial charge < -0.3 is 13.9 Å². The predicted octanol–water partition coefficient (Wildman–Crippen LogP) is 1.21. The molecule has 0 radical (unpaired) electrons. The van der Waals surface area contributed by atoms with Crippen molar-refractivity contribution in [1.29, 1.82) is 0 Å². The maximum absolute atomic E-state index is 11.2. The third kappa shape index (κ3) is 3.62. The molecule has 1 rings (SSSR count). The van der Waals surface area contributed by atoms with Crippen molar-refractivity contribution in [3.63, 3.8) is 0 Å². The highest BCUT2D eigenvalue weighted by atomic mass is 16.5. The second-order valence-electron chi connectivity index (χ2n) is 3.31. The van der Waals surface area contributed by atoms with Crippen molar-refractivity contribution in [3.8, 4) is 0 Å². The molecule has 0 aliphatic rings. The van der Waals surface area contributed by atoms with Gasteiger partial charge in [0.05, 0.1) is 12.7 Å². The molecule has 0 fully saturated rings. The number of esters is 1. The highest BCUT2D eigenvalue weighted by molar-refractivity contribution is 5.83. The first-order valence-electron chi connectivity index (χ1n) is 5.19. The van der Waals surface area contributed by atoms with E-state index < -0.39 is 5.97 Å². The standard InChI is InChI=1S/C10H16N2O4/c1-4-15-10(13)9-12-11-8(16-9)6-5-7(2)14-3/h7H,4-6H2,1-3H3. The Labute approximate surface area is 93.9 Å². The summed E-state index contributed by atoms with van der Waals surface area (Å²) in [6, 6.07) is 0. The van der Waals surface area contributed by atoms with Crippen molar-refractivity contribution in [2.45, 2.75) is 32.8 Å². The van der Waals surface area contributed by atoms with Crippen LogP contribution < -0.4 is 0 Å². The Morgan fingerprint density at radius 1 is 1.50 bits per heavy atom. The highest BCUT2D eigenvalue weighted by Crippen LogP contribution is 2.07. The maximum atomic E-state index is 11.2. The van der Waals surface area contributed by atoms with Gasteiger partial charge in [-0.15, -0.1) is 10.2 Å². The second-order valence-corrected chi connectivity index (χ2v) is 3.31. The third-order valence-electron chi connectivity index (χ3n) is 2.08. The van der Waals surface area contributed by atoms with Gasteiger partial charge in [0.25, 0.3) is 0 Å². The molecule has 0 aliphatic carbocycles. The van der Waals surface area contributed by atoms with E-state index in [2.05, 4.69) is 10.2 Å². The second kappa shape index (κ2) is 6.22. The van der Waals surface area contributed by atoms with E-state index >= 15 is 0 Å². The topological polar surface area (TPSA) is 74.5 Å². The van der Waals surface area contributed by atoms with Crippen molar-refractivity contribution >= 4 is 5.97 Å². The Balaban J connectivity index is 2.48. The Hall–Kier alpha value is -1.43. The van der Waals surface area contributed by atoms with Crippen molar-refractivity contribution in [3.05, 3.63) is 11.8 Å². The fraction of sp³-hybridized carbons (Fsp3) is 0.700. The minimum absolute atomic E-state index is 0.0954. The van der Waals surface area contributed by atoms with Gasteiger partial charge in [0.15, 0.2) is 0 Å². The lowest BCUT2D eigenvalue weighted by atomic mass is 10.2. The minimum Gasteiger partial charge on any atom is -0.459 e. The molecule has 0 aliphatic heterocycles. The van der Waals surface area contributed by atoms with Gasteiger partial charge in [-0.3, -0.25) is 0 Å². The molecule has 0 bridgehead atoms. The van der Waals surface area contributed by atoms with Gasteiger partial charge in [-0.05, 0) is 20.3 Å². The average molecular weight is 228 g/mol. The smallest absolute Gasteiger partial charge is 0.396 e. The Bertz CT molecular complexity index is 337. The van der Waals surface area contributed by atoms with Crippen LogP contribution in [0.5, 0.6) is 0 Å². The van der Waals surface area contributed by atoms with Crippen LogP contribution in [0.1, 0.15) is 36.8 Å². The SMILES string of the molecule is CCOC(=O)c1nnc(CCC(C)OC)o1. The summed E-state index contributed by atoms with van der Waals surface area (Å²) in [5.74, 6) is -0.255. The lowest BCUT2D eigenvalue weighted by Crippen LogP contribution is -2.06. The van der Waals surface area contributed by atoms with Crippen LogP contribution in [-0.4, -0.2) is 36.0 Å². The van der Waals surface area contributed by atoms with Crippen molar-refractivity contribution in [2.75, 3.05) is 13.7 Å². The summed E-state index contributed by atoms with van der Waals surface area (Å²) in [5.41, 5.74) is 0. The quantitative estimate of drug-likeness (QED) is 0.681. The summed E-state index contributed by atoms with van der Waals surface area (Å²) < 4.78 is 15.0. The van der Waals surface area contributed by atoms with E-state index in [1.54, 1.807) is 14.0 Å². The molecule has 6 nitrogen and oxygen atoms in total. The van der Waals surface area contributed by atoms with E-state index in [1.165, 1.54) is 0 Å². The van der Waals surface area contributed by atoms with Crippen LogP contribution in [0.25, 0.3) is 0 Å². The number of hydrogen-bond acceptors (Lipinski definition) is 6. The molecule has 90 valence electrons. The van der Waals surface area contributed by atoms with Crippen LogP contribution in [0, 0.1) is 0 Å². The number of hydrogen-bond donors (Lipinski definition) is 0. The van der Waals surface area contributed by atoms with Crippen LogP contribution in [0.4, 0.5) is 0 Å². The Morgan fingerprint density at radius 2 is 2.25 bits per heavy atom. The molecule has 6 heteroatoms. The largest absolute Gasteiger partial charge is 0.459 e. The lowest BCUT2D eigenvalue weighted by molar-refractivity contribution is 0.0478. The summed E-state index contributed by atoms with van der Waals surface area (Å²) >= 11 is 0. The molecule has 1 unspecified atom stereocenters. The zero-order chi connectivity index (χ0) is 12.0. The molecule has 0 saturated carbocycles. The molecule has 0 aromatic carbocycles. The lowest BCUT2D eigenvalue weighted by Gasteiger charge is -2.05. The van der Waals surface area contributed by atoms with E-state index in [1.807, 2.05) is 6.92 Å². The van der Waals surface area contributed by atoms with E-state index in [0.29, 0.717) is 12.3 Å². The number of aryl methyl sites for hydroxylation is 1. The Morgan fingerprint density at radius 3 is 2.88 bits per heavy atom. The van der Waals surface area contributed by atoms with Crippen LogP contribution in [-0.2, 0) is 15.9 Å². The molecule has 0 saturated heterocycles. The fourth-order valence-electron chi connectivity index (χ4n) is 1.07. The molecular formula is C10H16N2O4. The monoisotopic (exact) mass is 228 g/mol. The maximum Gasteiger partial charge on any atom is 0.396 e. The molecule has 0 spiro atoms. The van der Waals surface area contributed by atoms with Gasteiger partial charge in [0, 0.05) is 13.5 Å². The van der Waals surface area contributed by atoms with Gasteiger partial charge in [0.2, 0.25) is 5.89 Å². The van der Waals surface area contributed by atoms with Crippen LogP contribution >= 0.6 is 0 Å². The number of carbonyl (C=O) groups excluding carboxylic acids is 1. The van der Waals surface area contributed by atoms with Crippen molar-refractivity contribution in [1.82, 2.24) is 10.2 Å². The van der Waals surface area contributed by atoms with Gasteiger partial charge in [-0.25, -0.2) is 4.79 Å². The predicted molar refractivity (Wildman–Crippen MR) is 55.0 cm³/mol. The van der Waals surface area contributed by atoms with Crippen LogP contribution in [0.2, 0.25) is 0 Å². The number of aromatic nitrogens is 2. The summed E-state index contributed by atoms with van der Waals surface area (Å²) in [7, 11) is 1.64. The number of methoxy groups -OCH3 is 1. The summed E-state index contributed by atoms with van der Waals surface area (Å²) in [6.07, 6.45) is 1.47. The molecule has 1 aromatic heterocycles. The molecule has 1 atom stereocenters. The van der Waals surface area contributed by atoms with E-state index in [4.69, 9.17) is 13.9 Å². The molecule has 1 aromatic rings. The van der Waals surface area contributed by atoms with Crippen LogP contribution in [0.3, 0.4) is 0 Å². The number of carbonyl (C=O) groups is 1. The van der Waals surface area contributed by atoms with Crippen molar-refractivity contribution < 1.29 is 18.7 Å². The molecule has 1 heterocycles. The first kappa shape index (κ1) is 12.6. The zero-order valence-electron chi connectivity index (χ0n) is 9.73. The normalized spacial score (nSPS) is 12.4. The number of nitrogens with zero attached hydrogens (tertiary/aromatic N) is 2. The van der Waals surface area contributed by atoms with E-state index in [0.717, 1.165) is 6.42 Å². The molecule has 0 N–H and O–H groups in total. The Kier molecular flexibility index (Phi) is 4.91. The van der Waals surface area contributed by atoms with Crippen LogP contribution in [0.15, 0.2) is 4.42 Å². The average Bonchev–Trinajstić information content (AvgIpc) is 2.75. The number of ether oxygens (including phenoxy) is 2. The fourth-order valence-corrected chi connectivity index (χ4v) is 1.07. The summed E-state index contributed by atoms with van der Waals surface area (Å²) in [4.78, 5) is 11.2. The molecule has 16 heavy (non-hydrogen) atoms. The van der Waals surface area contributed by atoms with Gasteiger partial charge in [-0.1, -0.05) is 0 Å². The first-order chi connectivity index (χ1) is 7.67. The van der Waals surface area contributed by atoms with E-state index in [-0.39, 0.29) is 18.6 Å². The minimum atomic E-state index is -0.582. The first-order valence-corrected chi connectivity index (χ1v) is 5.19. The van der Waals surface area contributed by atoms with E-state index in [9.17, 15) is 4.79 Å². The zero-order valence-corrected chi connectivity index (χ0v) is 9.73. The highest BCUT2D eigenvalue weighted by Gasteiger charge is 2.15. The van der Waals surface area contributed by atoms with Gasteiger partial charge >= 0.3 is 11.9 Å². The number of rotatable bonds is 6. The summed E-state index contributed by atoms with van der Waals surface area (Å²) in [6.45, 7) is 3.95. The molecule has 0 amide bonds.